The van der Waals surface area contributed by atoms with Gasteiger partial charge in [-0.1, -0.05) is 6.58 Å². The Bertz CT molecular complexity index is 356. The van der Waals surface area contributed by atoms with E-state index >= 15 is 0 Å². The lowest BCUT2D eigenvalue weighted by Crippen LogP contribution is -2.67. The van der Waals surface area contributed by atoms with Gasteiger partial charge < -0.3 is 4.74 Å². The lowest BCUT2D eigenvalue weighted by Gasteiger charge is -2.36. The Hall–Kier alpha value is -1.23. The van der Waals surface area contributed by atoms with Gasteiger partial charge in [0.2, 0.25) is 0 Å². The zero-order valence-corrected chi connectivity index (χ0v) is 9.06. The van der Waals surface area contributed by atoms with Gasteiger partial charge in [-0.15, -0.1) is 0 Å². The second-order valence-electron chi connectivity index (χ2n) is 3.40. The number of ether oxygens (including phenoxy) is 1. The SMILES string of the molecule is C=COCC(F)(F)C(F)(F)C(F)(F)C(F)(F)C(F)(F)F. The Balaban J connectivity index is 5.73. The summed E-state index contributed by atoms with van der Waals surface area (Å²) in [6.07, 6.45) is -7.07. The van der Waals surface area contributed by atoms with Crippen LogP contribution in [0, 0.1) is 0 Å². The van der Waals surface area contributed by atoms with Crippen molar-refractivity contribution in [2.45, 2.75) is 29.9 Å². The summed E-state index contributed by atoms with van der Waals surface area (Å²) >= 11 is 0. The van der Waals surface area contributed by atoms with Gasteiger partial charge >= 0.3 is 29.9 Å². The van der Waals surface area contributed by atoms with Crippen LogP contribution in [0.4, 0.5) is 48.3 Å². The molecule has 0 atom stereocenters. The van der Waals surface area contributed by atoms with Gasteiger partial charge in [0.25, 0.3) is 0 Å². The maximum atomic E-state index is 12.7. The summed E-state index contributed by atoms with van der Waals surface area (Å²) in [6.45, 7) is 0.0174. The van der Waals surface area contributed by atoms with Crippen LogP contribution in [-0.4, -0.2) is 36.5 Å². The standard InChI is InChI=1S/C8H5F11O/c1-2-20-3-4(9,10)5(11,12)6(13,14)7(15,16)8(17,18)19/h2H,1,3H2. The highest BCUT2D eigenvalue weighted by molar-refractivity contribution is 5.06. The van der Waals surface area contributed by atoms with Crippen molar-refractivity contribution in [3.05, 3.63) is 12.8 Å². The molecule has 0 aliphatic carbocycles. The van der Waals surface area contributed by atoms with Crippen molar-refractivity contribution in [3.8, 4) is 0 Å². The number of alkyl halides is 11. The van der Waals surface area contributed by atoms with E-state index in [9.17, 15) is 48.3 Å². The molecule has 0 spiro atoms. The lowest BCUT2D eigenvalue weighted by molar-refractivity contribution is -0.423. The molecule has 0 amide bonds. The van der Waals surface area contributed by atoms with Crippen molar-refractivity contribution in [2.24, 2.45) is 0 Å². The zero-order chi connectivity index (χ0) is 16.6. The molecule has 0 aliphatic rings. The third-order valence-electron chi connectivity index (χ3n) is 1.99. The molecule has 1 nitrogen and oxygen atoms in total. The molecule has 0 N–H and O–H groups in total. The third kappa shape index (κ3) is 2.64. The van der Waals surface area contributed by atoms with Crippen LogP contribution in [0.5, 0.6) is 0 Å². The van der Waals surface area contributed by atoms with Gasteiger partial charge in [0.1, 0.15) is 0 Å². The molecule has 0 aromatic carbocycles. The van der Waals surface area contributed by atoms with Crippen LogP contribution < -0.4 is 0 Å². The Kier molecular flexibility index (Phi) is 4.65. The predicted octanol–water partition coefficient (Wildman–Crippen LogP) is 4.25. The highest BCUT2D eigenvalue weighted by Crippen LogP contribution is 2.57. The van der Waals surface area contributed by atoms with Crippen LogP contribution in [0.15, 0.2) is 12.8 Å². The maximum absolute atomic E-state index is 12.7. The largest absolute Gasteiger partial charge is 0.495 e. The van der Waals surface area contributed by atoms with Crippen molar-refractivity contribution >= 4 is 0 Å². The van der Waals surface area contributed by atoms with Gasteiger partial charge in [0, 0.05) is 0 Å². The normalized spacial score (nSPS) is 15.2. The fourth-order valence-electron chi connectivity index (χ4n) is 0.859. The molecule has 0 unspecified atom stereocenters. The minimum Gasteiger partial charge on any atom is -0.495 e. The molecule has 0 bridgehead atoms. The smallest absolute Gasteiger partial charge is 0.460 e. The topological polar surface area (TPSA) is 9.23 Å². The van der Waals surface area contributed by atoms with Gasteiger partial charge in [-0.05, 0) is 0 Å². The lowest BCUT2D eigenvalue weighted by atomic mass is 9.98. The molecule has 0 heterocycles. The van der Waals surface area contributed by atoms with Crippen molar-refractivity contribution in [3.63, 3.8) is 0 Å². The third-order valence-corrected chi connectivity index (χ3v) is 1.99. The molecule has 0 aliphatic heterocycles. The van der Waals surface area contributed by atoms with E-state index in [1.807, 2.05) is 0 Å². The number of halogens is 11. The van der Waals surface area contributed by atoms with E-state index in [0.29, 0.717) is 0 Å². The summed E-state index contributed by atoms with van der Waals surface area (Å²) in [5.41, 5.74) is 0. The average molecular weight is 326 g/mol. The van der Waals surface area contributed by atoms with Crippen LogP contribution in [0.2, 0.25) is 0 Å². The minimum atomic E-state index is -7.40. The van der Waals surface area contributed by atoms with Gasteiger partial charge in [-0.25, -0.2) is 0 Å². The zero-order valence-electron chi connectivity index (χ0n) is 9.06. The Morgan fingerprint density at radius 2 is 1.10 bits per heavy atom. The van der Waals surface area contributed by atoms with Gasteiger partial charge in [-0.2, -0.15) is 48.3 Å². The molecule has 0 rings (SSSR count). The van der Waals surface area contributed by atoms with E-state index in [1.165, 1.54) is 0 Å². The van der Waals surface area contributed by atoms with Crippen molar-refractivity contribution in [2.75, 3.05) is 6.61 Å². The highest BCUT2D eigenvalue weighted by atomic mass is 19.4. The quantitative estimate of drug-likeness (QED) is 0.524. The van der Waals surface area contributed by atoms with E-state index in [2.05, 4.69) is 11.3 Å². The van der Waals surface area contributed by atoms with E-state index in [-0.39, 0.29) is 6.26 Å². The van der Waals surface area contributed by atoms with Crippen molar-refractivity contribution in [1.82, 2.24) is 0 Å². The number of hydrogen-bond donors (Lipinski definition) is 0. The van der Waals surface area contributed by atoms with E-state index in [1.54, 1.807) is 0 Å². The molecule has 12 heteroatoms. The van der Waals surface area contributed by atoms with Crippen LogP contribution >= 0.6 is 0 Å². The summed E-state index contributed by atoms with van der Waals surface area (Å²) < 4.78 is 139. The molecule has 0 fully saturated rings. The molecule has 0 aromatic rings. The fourth-order valence-corrected chi connectivity index (χ4v) is 0.859. The Morgan fingerprint density at radius 1 is 0.700 bits per heavy atom. The summed E-state index contributed by atoms with van der Waals surface area (Å²) in [4.78, 5) is 0. The maximum Gasteiger partial charge on any atom is 0.460 e. The van der Waals surface area contributed by atoms with E-state index in [0.717, 1.165) is 0 Å². The van der Waals surface area contributed by atoms with Crippen molar-refractivity contribution < 1.29 is 53.0 Å². The van der Waals surface area contributed by atoms with Crippen LogP contribution in [0.25, 0.3) is 0 Å². The molecule has 20 heavy (non-hydrogen) atoms. The first kappa shape index (κ1) is 18.8. The van der Waals surface area contributed by atoms with Crippen LogP contribution in [0.3, 0.4) is 0 Å². The first-order chi connectivity index (χ1) is 8.56. The summed E-state index contributed by atoms with van der Waals surface area (Å²) in [7, 11) is 0. The van der Waals surface area contributed by atoms with E-state index < -0.39 is 36.5 Å². The van der Waals surface area contributed by atoms with Gasteiger partial charge in [-0.3, -0.25) is 0 Å². The Morgan fingerprint density at radius 3 is 1.40 bits per heavy atom. The van der Waals surface area contributed by atoms with Crippen LogP contribution in [-0.2, 0) is 4.74 Å². The van der Waals surface area contributed by atoms with E-state index in [4.69, 9.17) is 0 Å². The summed E-state index contributed by atoms with van der Waals surface area (Å²) in [5.74, 6) is -27.8. The number of hydrogen-bond acceptors (Lipinski definition) is 1. The van der Waals surface area contributed by atoms with Crippen LogP contribution in [0.1, 0.15) is 0 Å². The molecule has 0 saturated carbocycles. The average Bonchev–Trinajstić information content (AvgIpc) is 2.24. The van der Waals surface area contributed by atoms with Gasteiger partial charge in [0.05, 0.1) is 6.26 Å². The summed E-state index contributed by atoms with van der Waals surface area (Å²) in [5, 5.41) is 0. The monoisotopic (exact) mass is 326 g/mol. The second kappa shape index (κ2) is 4.95. The predicted molar refractivity (Wildman–Crippen MR) is 42.0 cm³/mol. The second-order valence-corrected chi connectivity index (χ2v) is 3.40. The fraction of sp³-hybridized carbons (Fsp3) is 0.750. The molecule has 0 aromatic heterocycles. The first-order valence-corrected chi connectivity index (χ1v) is 4.36. The minimum absolute atomic E-state index is 0.0873. The first-order valence-electron chi connectivity index (χ1n) is 4.36. The van der Waals surface area contributed by atoms with Gasteiger partial charge in [0.15, 0.2) is 6.61 Å². The number of rotatable bonds is 6. The molecular formula is C8H5F11O. The Labute approximate surface area is 104 Å². The molecule has 0 radical (unpaired) electrons. The summed E-state index contributed by atoms with van der Waals surface area (Å²) in [6, 6.07) is 0. The highest BCUT2D eigenvalue weighted by Gasteiger charge is 2.87. The van der Waals surface area contributed by atoms with Crippen molar-refractivity contribution in [1.29, 1.82) is 0 Å². The molecular weight excluding hydrogens is 321 g/mol. The molecule has 0 saturated heterocycles. The molecule has 120 valence electrons.